The molecule has 0 heterocycles. The molecule has 0 saturated heterocycles. The summed E-state index contributed by atoms with van der Waals surface area (Å²) in [5, 5.41) is 17.5. The molecule has 0 radical (unpaired) electrons. The highest BCUT2D eigenvalue weighted by atomic mass is 16.5. The molecule has 4 N–H and O–H groups in total. The highest BCUT2D eigenvalue weighted by molar-refractivity contribution is 4.88. The lowest BCUT2D eigenvalue weighted by Gasteiger charge is -2.23. The monoisotopic (exact) mass is 189 g/mol. The van der Waals surface area contributed by atoms with Crippen LogP contribution in [0.15, 0.2) is 0 Å². The van der Waals surface area contributed by atoms with Gasteiger partial charge in [0.25, 0.3) is 0 Å². The number of rotatable bonds is 5. The van der Waals surface area contributed by atoms with Crippen LogP contribution in [-0.4, -0.2) is 41.7 Å². The third-order valence-corrected chi connectivity index (χ3v) is 2.51. The first kappa shape index (κ1) is 10.9. The Kier molecular flexibility index (Phi) is 4.12. The third kappa shape index (κ3) is 3.60. The maximum atomic E-state index is 9.00. The molecule has 1 fully saturated rings. The number of ether oxygens (including phenoxy) is 1. The van der Waals surface area contributed by atoms with Gasteiger partial charge in [-0.05, 0) is 12.8 Å². The maximum absolute atomic E-state index is 9.00. The van der Waals surface area contributed by atoms with Gasteiger partial charge < -0.3 is 20.7 Å². The first-order chi connectivity index (χ1) is 6.16. The molecule has 1 atom stereocenters. The molecule has 1 aliphatic carbocycles. The first-order valence-electron chi connectivity index (χ1n) is 4.82. The van der Waals surface area contributed by atoms with E-state index >= 15 is 0 Å². The highest BCUT2D eigenvalue weighted by Crippen LogP contribution is 2.27. The van der Waals surface area contributed by atoms with E-state index in [0.29, 0.717) is 6.61 Å². The summed E-state index contributed by atoms with van der Waals surface area (Å²) in [6, 6.07) is 0. The van der Waals surface area contributed by atoms with Crippen molar-refractivity contribution in [1.82, 2.24) is 0 Å². The molecule has 4 heteroatoms. The van der Waals surface area contributed by atoms with Gasteiger partial charge in [0, 0.05) is 5.54 Å². The molecule has 1 rings (SSSR count). The van der Waals surface area contributed by atoms with Gasteiger partial charge in [-0.1, -0.05) is 12.8 Å². The molecule has 0 aromatic heterocycles. The number of aliphatic hydroxyl groups is 2. The average molecular weight is 189 g/mol. The van der Waals surface area contributed by atoms with Crippen LogP contribution in [0.25, 0.3) is 0 Å². The van der Waals surface area contributed by atoms with E-state index in [2.05, 4.69) is 0 Å². The summed E-state index contributed by atoms with van der Waals surface area (Å²) < 4.78 is 5.24. The standard InChI is InChI=1S/C9H19NO3/c10-9(3-1-2-4-9)7-13-6-8(12)5-11/h8,11-12H,1-7,10H2. The number of nitrogens with two attached hydrogens (primary N) is 1. The molecule has 13 heavy (non-hydrogen) atoms. The van der Waals surface area contributed by atoms with Crippen molar-refractivity contribution in [2.24, 2.45) is 5.73 Å². The predicted molar refractivity (Wildman–Crippen MR) is 49.3 cm³/mol. The summed E-state index contributed by atoms with van der Waals surface area (Å²) in [6.45, 7) is 0.414. The predicted octanol–water partition coefficient (Wildman–Crippen LogP) is -0.372. The van der Waals surface area contributed by atoms with Crippen LogP contribution in [0.4, 0.5) is 0 Å². The maximum Gasteiger partial charge on any atom is 0.100 e. The third-order valence-electron chi connectivity index (χ3n) is 2.51. The second-order valence-corrected chi connectivity index (χ2v) is 3.92. The van der Waals surface area contributed by atoms with Crippen LogP contribution >= 0.6 is 0 Å². The van der Waals surface area contributed by atoms with Gasteiger partial charge >= 0.3 is 0 Å². The fourth-order valence-electron chi connectivity index (χ4n) is 1.67. The molecular weight excluding hydrogens is 170 g/mol. The molecule has 0 aromatic rings. The van der Waals surface area contributed by atoms with Gasteiger partial charge in [0.15, 0.2) is 0 Å². The fourth-order valence-corrected chi connectivity index (χ4v) is 1.67. The summed E-state index contributed by atoms with van der Waals surface area (Å²) >= 11 is 0. The van der Waals surface area contributed by atoms with Crippen LogP contribution < -0.4 is 5.73 Å². The van der Waals surface area contributed by atoms with Crippen LogP contribution in [0.3, 0.4) is 0 Å². The van der Waals surface area contributed by atoms with Gasteiger partial charge in [-0.3, -0.25) is 0 Å². The Morgan fingerprint density at radius 1 is 1.38 bits per heavy atom. The lowest BCUT2D eigenvalue weighted by Crippen LogP contribution is -2.42. The zero-order valence-electron chi connectivity index (χ0n) is 7.91. The Labute approximate surface area is 78.7 Å². The van der Waals surface area contributed by atoms with Crippen molar-refractivity contribution >= 4 is 0 Å². The van der Waals surface area contributed by atoms with Gasteiger partial charge in [0.05, 0.1) is 19.8 Å². The van der Waals surface area contributed by atoms with Gasteiger partial charge in [-0.15, -0.1) is 0 Å². The van der Waals surface area contributed by atoms with Crippen molar-refractivity contribution in [3.8, 4) is 0 Å². The van der Waals surface area contributed by atoms with E-state index in [0.717, 1.165) is 12.8 Å². The van der Waals surface area contributed by atoms with Crippen LogP contribution in [0.1, 0.15) is 25.7 Å². The normalized spacial score (nSPS) is 23.3. The number of aliphatic hydroxyl groups excluding tert-OH is 2. The van der Waals surface area contributed by atoms with E-state index in [1.54, 1.807) is 0 Å². The Bertz CT molecular complexity index is 146. The lowest BCUT2D eigenvalue weighted by atomic mass is 10.0. The van der Waals surface area contributed by atoms with E-state index in [9.17, 15) is 0 Å². The molecule has 1 saturated carbocycles. The largest absolute Gasteiger partial charge is 0.394 e. The Balaban J connectivity index is 2.11. The summed E-state index contributed by atoms with van der Waals surface area (Å²) in [5.41, 5.74) is 5.83. The van der Waals surface area contributed by atoms with Crippen LogP contribution in [0.5, 0.6) is 0 Å². The van der Waals surface area contributed by atoms with Crippen LogP contribution in [0.2, 0.25) is 0 Å². The molecule has 0 aromatic carbocycles. The molecule has 0 bridgehead atoms. The number of hydrogen-bond donors (Lipinski definition) is 3. The lowest BCUT2D eigenvalue weighted by molar-refractivity contribution is -0.00840. The van der Waals surface area contributed by atoms with E-state index < -0.39 is 6.10 Å². The fraction of sp³-hybridized carbons (Fsp3) is 1.00. The summed E-state index contributed by atoms with van der Waals surface area (Å²) in [6.07, 6.45) is 3.57. The van der Waals surface area contributed by atoms with E-state index in [4.69, 9.17) is 20.7 Å². The van der Waals surface area contributed by atoms with Crippen molar-refractivity contribution < 1.29 is 14.9 Å². The minimum absolute atomic E-state index is 0.176. The van der Waals surface area contributed by atoms with Crippen molar-refractivity contribution in [3.05, 3.63) is 0 Å². The zero-order chi connectivity index (χ0) is 9.73. The Morgan fingerprint density at radius 3 is 2.54 bits per heavy atom. The molecule has 1 unspecified atom stereocenters. The van der Waals surface area contributed by atoms with Crippen molar-refractivity contribution in [3.63, 3.8) is 0 Å². The minimum atomic E-state index is -0.773. The van der Waals surface area contributed by atoms with Gasteiger partial charge in [-0.2, -0.15) is 0 Å². The van der Waals surface area contributed by atoms with E-state index in [1.807, 2.05) is 0 Å². The zero-order valence-corrected chi connectivity index (χ0v) is 7.91. The van der Waals surface area contributed by atoms with Gasteiger partial charge in [0.2, 0.25) is 0 Å². The summed E-state index contributed by atoms with van der Waals surface area (Å²) in [7, 11) is 0. The van der Waals surface area contributed by atoms with E-state index in [-0.39, 0.29) is 18.8 Å². The molecule has 0 aliphatic heterocycles. The molecule has 78 valence electrons. The second kappa shape index (κ2) is 4.91. The van der Waals surface area contributed by atoms with Crippen LogP contribution in [0, 0.1) is 0 Å². The Hall–Kier alpha value is -0.160. The average Bonchev–Trinajstić information content (AvgIpc) is 2.52. The van der Waals surface area contributed by atoms with Crippen molar-refractivity contribution in [2.75, 3.05) is 19.8 Å². The summed E-state index contributed by atoms with van der Waals surface area (Å²) in [5.74, 6) is 0. The van der Waals surface area contributed by atoms with Crippen molar-refractivity contribution in [1.29, 1.82) is 0 Å². The van der Waals surface area contributed by atoms with Crippen molar-refractivity contribution in [2.45, 2.75) is 37.3 Å². The molecule has 4 nitrogen and oxygen atoms in total. The minimum Gasteiger partial charge on any atom is -0.394 e. The second-order valence-electron chi connectivity index (χ2n) is 3.92. The SMILES string of the molecule is NC1(COCC(O)CO)CCCC1. The van der Waals surface area contributed by atoms with E-state index in [1.165, 1.54) is 12.8 Å². The molecule has 0 spiro atoms. The van der Waals surface area contributed by atoms with Gasteiger partial charge in [-0.25, -0.2) is 0 Å². The quantitative estimate of drug-likeness (QED) is 0.551. The van der Waals surface area contributed by atoms with Gasteiger partial charge in [0.1, 0.15) is 6.10 Å². The smallest absolute Gasteiger partial charge is 0.100 e. The first-order valence-corrected chi connectivity index (χ1v) is 4.82. The highest BCUT2D eigenvalue weighted by Gasteiger charge is 2.29. The number of hydrogen-bond acceptors (Lipinski definition) is 4. The summed E-state index contributed by atoms with van der Waals surface area (Å²) in [4.78, 5) is 0. The molecular formula is C9H19NO3. The molecule has 1 aliphatic rings. The Morgan fingerprint density at radius 2 is 2.00 bits per heavy atom. The topological polar surface area (TPSA) is 75.7 Å². The van der Waals surface area contributed by atoms with Crippen LogP contribution in [-0.2, 0) is 4.74 Å². The molecule has 0 amide bonds.